The number of carbonyl (C=O) groups excluding carboxylic acids is 2. The van der Waals surface area contributed by atoms with E-state index in [-0.39, 0.29) is 25.2 Å². The van der Waals surface area contributed by atoms with Crippen molar-refractivity contribution in [3.05, 3.63) is 97.2 Å². The smallest absolute Gasteiger partial charge is 0.306 e. The Morgan fingerprint density at radius 2 is 0.683 bits per heavy atom. The lowest BCUT2D eigenvalue weighted by molar-refractivity contribution is -0.161. The molecule has 63 heavy (non-hydrogen) atoms. The van der Waals surface area contributed by atoms with E-state index >= 15 is 0 Å². The molecule has 5 heteroatoms. The van der Waals surface area contributed by atoms with Crippen LogP contribution >= 0.6 is 0 Å². The number of ether oxygens (including phenoxy) is 2. The van der Waals surface area contributed by atoms with Crippen molar-refractivity contribution in [3.63, 3.8) is 0 Å². The maximum Gasteiger partial charge on any atom is 0.306 e. The predicted octanol–water partition coefficient (Wildman–Crippen LogP) is 17.6. The first-order valence-electron chi connectivity index (χ1n) is 26.3. The number of carbonyl (C=O) groups is 2. The third-order valence-corrected chi connectivity index (χ3v) is 11.1. The second-order valence-electron chi connectivity index (χ2n) is 17.2. The minimum atomic E-state index is -0.776. The van der Waals surface area contributed by atoms with Gasteiger partial charge in [-0.25, -0.2) is 0 Å². The van der Waals surface area contributed by atoms with Crippen LogP contribution in [0.2, 0.25) is 0 Å². The van der Waals surface area contributed by atoms with Crippen LogP contribution in [0.5, 0.6) is 0 Å². The van der Waals surface area contributed by atoms with E-state index in [0.717, 1.165) is 96.3 Å². The van der Waals surface area contributed by atoms with Gasteiger partial charge >= 0.3 is 11.9 Å². The van der Waals surface area contributed by atoms with Crippen LogP contribution in [-0.2, 0) is 19.1 Å². The third-order valence-electron chi connectivity index (χ3n) is 11.1. The minimum Gasteiger partial charge on any atom is -0.462 e. The first kappa shape index (κ1) is 59.8. The van der Waals surface area contributed by atoms with Gasteiger partial charge in [-0.3, -0.25) is 9.59 Å². The average Bonchev–Trinajstić information content (AvgIpc) is 3.29. The van der Waals surface area contributed by atoms with Crippen LogP contribution in [0.15, 0.2) is 97.2 Å². The standard InChI is InChI=1S/C58H98O5/c1-3-5-7-9-11-13-15-16-17-18-19-20-21-22-23-24-25-26-27-28-29-30-31-32-33-34-35-36-37-38-39-40-41-42-43-45-47-49-51-53-58(61)63-56(54-59)55-62-57(60)52-50-48-46-44-14-12-10-8-6-4-2/h5,7-8,10-11,13,16-17,19-20,22-23,25-26,28-29,56,59H,3-4,6,9,12,14-15,18,21,24,27,30-55H2,1-2H3/b7-5-,10-8-,13-11-,17-16-,20-19-,23-22-,26-25-,29-28-. The van der Waals surface area contributed by atoms with E-state index in [0.29, 0.717) is 12.8 Å². The minimum absolute atomic E-state index is 0.0715. The number of hydrogen-bond acceptors (Lipinski definition) is 5. The fraction of sp³-hybridized carbons (Fsp3) is 0.690. The van der Waals surface area contributed by atoms with Crippen molar-refractivity contribution in [2.24, 2.45) is 0 Å². The molecule has 5 nitrogen and oxygen atoms in total. The Bertz CT molecular complexity index is 1220. The molecule has 0 radical (unpaired) electrons. The van der Waals surface area contributed by atoms with Gasteiger partial charge in [0.2, 0.25) is 0 Å². The quantitative estimate of drug-likeness (QED) is 0.0375. The normalized spacial score (nSPS) is 13.0. The highest BCUT2D eigenvalue weighted by molar-refractivity contribution is 5.70. The van der Waals surface area contributed by atoms with E-state index in [1.54, 1.807) is 0 Å². The van der Waals surface area contributed by atoms with Gasteiger partial charge in [-0.2, -0.15) is 0 Å². The van der Waals surface area contributed by atoms with Gasteiger partial charge in [0.1, 0.15) is 6.61 Å². The van der Waals surface area contributed by atoms with Crippen LogP contribution < -0.4 is 0 Å². The number of esters is 2. The van der Waals surface area contributed by atoms with Gasteiger partial charge in [0.25, 0.3) is 0 Å². The van der Waals surface area contributed by atoms with Crippen LogP contribution in [0.25, 0.3) is 0 Å². The number of rotatable bonds is 47. The van der Waals surface area contributed by atoms with E-state index in [4.69, 9.17) is 9.47 Å². The summed E-state index contributed by atoms with van der Waals surface area (Å²) in [7, 11) is 0. The summed E-state index contributed by atoms with van der Waals surface area (Å²) in [6, 6.07) is 0. The highest BCUT2D eigenvalue weighted by Gasteiger charge is 2.16. The molecule has 360 valence electrons. The monoisotopic (exact) mass is 875 g/mol. The van der Waals surface area contributed by atoms with E-state index in [2.05, 4.69) is 111 Å². The number of hydrogen-bond donors (Lipinski definition) is 1. The Morgan fingerprint density at radius 1 is 0.381 bits per heavy atom. The fourth-order valence-corrected chi connectivity index (χ4v) is 7.18. The Labute approximate surface area is 389 Å². The largest absolute Gasteiger partial charge is 0.462 e. The van der Waals surface area contributed by atoms with Crippen molar-refractivity contribution in [1.82, 2.24) is 0 Å². The summed E-state index contributed by atoms with van der Waals surface area (Å²) >= 11 is 0. The SMILES string of the molecule is CC/C=C\C/C=C\C/C=C\C/C=C\C/C=C\C/C=C\C/C=C\CCCCCCCCCCCCCCCCCCCC(=O)OC(CO)COC(=O)CCCCCCC/C=C\CCC. The lowest BCUT2D eigenvalue weighted by Crippen LogP contribution is -2.28. The highest BCUT2D eigenvalue weighted by Crippen LogP contribution is 2.15. The topological polar surface area (TPSA) is 72.8 Å². The van der Waals surface area contributed by atoms with Crippen LogP contribution in [0.4, 0.5) is 0 Å². The molecule has 0 amide bonds. The maximum absolute atomic E-state index is 12.2. The summed E-state index contributed by atoms with van der Waals surface area (Å²) in [5.74, 6) is -0.602. The Hall–Kier alpha value is -3.18. The molecule has 0 heterocycles. The maximum atomic E-state index is 12.2. The molecule has 0 fully saturated rings. The van der Waals surface area contributed by atoms with Gasteiger partial charge in [0.05, 0.1) is 6.61 Å². The Balaban J connectivity index is 3.47. The molecule has 1 unspecified atom stereocenters. The average molecular weight is 875 g/mol. The van der Waals surface area contributed by atoms with Crippen molar-refractivity contribution >= 4 is 11.9 Å². The van der Waals surface area contributed by atoms with Gasteiger partial charge in [0.15, 0.2) is 6.10 Å². The molecular weight excluding hydrogens is 777 g/mol. The lowest BCUT2D eigenvalue weighted by atomic mass is 10.0. The first-order valence-corrected chi connectivity index (χ1v) is 26.3. The number of aliphatic hydroxyl groups excluding tert-OH is 1. The summed E-state index contributed by atoms with van der Waals surface area (Å²) < 4.78 is 10.6. The zero-order valence-corrected chi connectivity index (χ0v) is 41.1. The van der Waals surface area contributed by atoms with Gasteiger partial charge in [-0.05, 0) is 89.9 Å². The summed E-state index contributed by atoms with van der Waals surface area (Å²) in [6.07, 6.45) is 75.3. The summed E-state index contributed by atoms with van der Waals surface area (Å²) in [4.78, 5) is 24.3. The Kier molecular flexibility index (Phi) is 50.5. The van der Waals surface area contributed by atoms with Gasteiger partial charge in [0, 0.05) is 12.8 Å². The van der Waals surface area contributed by atoms with Crippen molar-refractivity contribution in [3.8, 4) is 0 Å². The molecule has 1 N–H and O–H groups in total. The molecule has 0 aliphatic heterocycles. The van der Waals surface area contributed by atoms with Crippen molar-refractivity contribution < 1.29 is 24.2 Å². The molecule has 0 aromatic carbocycles. The molecule has 0 rings (SSSR count). The molecule has 0 aromatic rings. The highest BCUT2D eigenvalue weighted by atomic mass is 16.6. The molecular formula is C58H98O5. The first-order chi connectivity index (χ1) is 31.1. The molecule has 0 spiro atoms. The molecule has 0 aliphatic carbocycles. The third kappa shape index (κ3) is 51.3. The van der Waals surface area contributed by atoms with E-state index in [1.165, 1.54) is 116 Å². The van der Waals surface area contributed by atoms with E-state index in [1.807, 2.05) is 0 Å². The van der Waals surface area contributed by atoms with Crippen LogP contribution in [0.3, 0.4) is 0 Å². The van der Waals surface area contributed by atoms with E-state index in [9.17, 15) is 14.7 Å². The molecule has 0 saturated carbocycles. The Morgan fingerprint density at radius 3 is 1.05 bits per heavy atom. The zero-order chi connectivity index (χ0) is 45.6. The molecule has 1 atom stereocenters. The second-order valence-corrected chi connectivity index (χ2v) is 17.2. The van der Waals surface area contributed by atoms with Gasteiger partial charge in [-0.15, -0.1) is 0 Å². The molecule has 0 aromatic heterocycles. The molecule has 0 saturated heterocycles. The summed E-state index contributed by atoms with van der Waals surface area (Å²) in [5, 5.41) is 9.58. The van der Waals surface area contributed by atoms with Crippen LogP contribution in [0, 0.1) is 0 Å². The van der Waals surface area contributed by atoms with Gasteiger partial charge in [-0.1, -0.05) is 233 Å². The van der Waals surface area contributed by atoms with Crippen molar-refractivity contribution in [2.75, 3.05) is 13.2 Å². The van der Waals surface area contributed by atoms with E-state index < -0.39 is 6.10 Å². The van der Waals surface area contributed by atoms with Crippen molar-refractivity contribution in [1.29, 1.82) is 0 Å². The number of unbranched alkanes of at least 4 members (excludes halogenated alkanes) is 23. The fourth-order valence-electron chi connectivity index (χ4n) is 7.18. The predicted molar refractivity (Wildman–Crippen MR) is 274 cm³/mol. The lowest BCUT2D eigenvalue weighted by Gasteiger charge is -2.15. The van der Waals surface area contributed by atoms with Crippen LogP contribution in [-0.4, -0.2) is 36.4 Å². The molecule has 0 aliphatic rings. The van der Waals surface area contributed by atoms with Crippen molar-refractivity contribution in [2.45, 2.75) is 245 Å². The second kappa shape index (κ2) is 53.2. The number of aliphatic hydroxyl groups is 1. The number of allylic oxidation sites excluding steroid dienone is 16. The summed E-state index contributed by atoms with van der Waals surface area (Å²) in [5.41, 5.74) is 0. The van der Waals surface area contributed by atoms with Gasteiger partial charge < -0.3 is 14.6 Å². The molecule has 0 bridgehead atoms. The summed E-state index contributed by atoms with van der Waals surface area (Å²) in [6.45, 7) is 3.95. The zero-order valence-electron chi connectivity index (χ0n) is 41.1. The van der Waals surface area contributed by atoms with Crippen LogP contribution in [0.1, 0.15) is 239 Å².